The molecule has 0 aliphatic rings. The molecule has 0 saturated carbocycles. The third-order valence-corrected chi connectivity index (χ3v) is 6.98. The molecule has 0 bridgehead atoms. The zero-order chi connectivity index (χ0) is 20.9. The van der Waals surface area contributed by atoms with E-state index in [2.05, 4.69) is 31.3 Å². The maximum Gasteiger partial charge on any atom is 0.271 e. The van der Waals surface area contributed by atoms with Crippen LogP contribution in [0.3, 0.4) is 0 Å². The summed E-state index contributed by atoms with van der Waals surface area (Å²) in [4.78, 5) is 24.3. The highest BCUT2D eigenvalue weighted by atomic mass is 79.9. The van der Waals surface area contributed by atoms with Crippen molar-refractivity contribution >= 4 is 60.5 Å². The van der Waals surface area contributed by atoms with Crippen LogP contribution < -0.4 is 15.4 Å². The van der Waals surface area contributed by atoms with Gasteiger partial charge in [-0.2, -0.15) is 0 Å². The Kier molecular flexibility index (Phi) is 6.68. The van der Waals surface area contributed by atoms with Gasteiger partial charge in [0.15, 0.2) is 0 Å². The minimum atomic E-state index is -3.71. The lowest BCUT2D eigenvalue weighted by atomic mass is 10.2. The molecule has 150 valence electrons. The summed E-state index contributed by atoms with van der Waals surface area (Å²) in [6, 6.07) is 16.2. The molecule has 10 heteroatoms. The zero-order valence-electron chi connectivity index (χ0n) is 14.9. The largest absolute Gasteiger partial charge is 0.343 e. The molecule has 0 fully saturated rings. The van der Waals surface area contributed by atoms with Crippen molar-refractivity contribution < 1.29 is 18.0 Å². The van der Waals surface area contributed by atoms with E-state index in [1.807, 2.05) is 0 Å². The highest BCUT2D eigenvalue weighted by Gasteiger charge is 2.16. The molecule has 0 radical (unpaired) electrons. The van der Waals surface area contributed by atoms with Gasteiger partial charge in [-0.05, 0) is 53.9 Å². The summed E-state index contributed by atoms with van der Waals surface area (Å²) < 4.78 is 28.1. The number of sulfonamides is 1. The summed E-state index contributed by atoms with van der Waals surface area (Å²) in [6.45, 7) is -0.222. The second-order valence-corrected chi connectivity index (χ2v) is 9.63. The van der Waals surface area contributed by atoms with Crippen LogP contribution in [-0.2, 0) is 14.8 Å². The first-order valence-electron chi connectivity index (χ1n) is 8.33. The predicted molar refractivity (Wildman–Crippen MR) is 117 cm³/mol. The predicted octanol–water partition coefficient (Wildman–Crippen LogP) is 3.68. The first-order chi connectivity index (χ1) is 13.8. The van der Waals surface area contributed by atoms with E-state index in [1.54, 1.807) is 47.8 Å². The second kappa shape index (κ2) is 9.21. The molecule has 29 heavy (non-hydrogen) atoms. The average molecular weight is 494 g/mol. The number of benzene rings is 2. The Balaban J connectivity index is 1.59. The van der Waals surface area contributed by atoms with E-state index in [9.17, 15) is 18.0 Å². The van der Waals surface area contributed by atoms with Gasteiger partial charge in [0, 0.05) is 21.4 Å². The molecule has 0 saturated heterocycles. The van der Waals surface area contributed by atoms with Crippen LogP contribution in [-0.4, -0.2) is 26.8 Å². The van der Waals surface area contributed by atoms with E-state index in [1.165, 1.54) is 18.2 Å². The maximum absolute atomic E-state index is 12.3. The number of amides is 2. The molecular formula is C19H16BrN3O4S2. The van der Waals surface area contributed by atoms with Crippen LogP contribution >= 0.6 is 27.3 Å². The molecule has 0 aliphatic heterocycles. The van der Waals surface area contributed by atoms with Crippen molar-refractivity contribution in [1.82, 2.24) is 5.32 Å². The van der Waals surface area contributed by atoms with Crippen LogP contribution in [0.2, 0.25) is 0 Å². The first kappa shape index (κ1) is 21.0. The Morgan fingerprint density at radius 1 is 0.966 bits per heavy atom. The Morgan fingerprint density at radius 2 is 1.72 bits per heavy atom. The van der Waals surface area contributed by atoms with Gasteiger partial charge in [0.25, 0.3) is 15.9 Å². The van der Waals surface area contributed by atoms with Crippen LogP contribution in [0.1, 0.15) is 10.4 Å². The van der Waals surface area contributed by atoms with Gasteiger partial charge in [-0.25, -0.2) is 8.42 Å². The quantitative estimate of drug-likeness (QED) is 0.466. The highest BCUT2D eigenvalue weighted by molar-refractivity contribution is 9.10. The fraction of sp³-hybridized carbons (Fsp3) is 0.0526. The van der Waals surface area contributed by atoms with Crippen molar-refractivity contribution in [2.45, 2.75) is 4.21 Å². The van der Waals surface area contributed by atoms with Crippen LogP contribution in [0.15, 0.2) is 74.7 Å². The molecule has 0 atom stereocenters. The van der Waals surface area contributed by atoms with Crippen molar-refractivity contribution in [2.24, 2.45) is 0 Å². The number of hydrogen-bond acceptors (Lipinski definition) is 5. The Hall–Kier alpha value is -2.69. The van der Waals surface area contributed by atoms with E-state index in [0.29, 0.717) is 5.69 Å². The number of carbonyl (C=O) groups excluding carboxylic acids is 2. The van der Waals surface area contributed by atoms with Gasteiger partial charge in [0.1, 0.15) is 4.21 Å². The Bertz CT molecular complexity index is 1110. The van der Waals surface area contributed by atoms with Crippen molar-refractivity contribution in [3.05, 3.63) is 76.1 Å². The molecule has 2 aromatic carbocycles. The van der Waals surface area contributed by atoms with Gasteiger partial charge in [-0.3, -0.25) is 14.3 Å². The van der Waals surface area contributed by atoms with Gasteiger partial charge in [0.05, 0.1) is 6.54 Å². The molecule has 0 spiro atoms. The molecule has 1 aromatic heterocycles. The lowest BCUT2D eigenvalue weighted by Gasteiger charge is -2.09. The van der Waals surface area contributed by atoms with Crippen molar-refractivity contribution in [2.75, 3.05) is 16.6 Å². The minimum Gasteiger partial charge on any atom is -0.343 e. The molecular weight excluding hydrogens is 478 g/mol. The molecule has 3 rings (SSSR count). The van der Waals surface area contributed by atoms with Crippen molar-refractivity contribution in [3.63, 3.8) is 0 Å². The monoisotopic (exact) mass is 493 g/mol. The molecule has 3 N–H and O–H groups in total. The highest BCUT2D eigenvalue weighted by Crippen LogP contribution is 2.21. The number of carbonyl (C=O) groups is 2. The van der Waals surface area contributed by atoms with E-state index < -0.39 is 15.9 Å². The van der Waals surface area contributed by atoms with Gasteiger partial charge < -0.3 is 10.6 Å². The van der Waals surface area contributed by atoms with Crippen LogP contribution in [0.4, 0.5) is 11.4 Å². The standard InChI is InChI=1S/C19H16BrN3O4S2/c20-14-6-8-15(9-7-14)22-17(24)12-21-19(25)13-3-1-4-16(11-13)23-29(26,27)18-5-2-10-28-18/h1-11,23H,12H2,(H,21,25)(H,22,24). The third-order valence-electron chi connectivity index (χ3n) is 3.67. The maximum atomic E-state index is 12.3. The molecule has 3 aromatic rings. The van der Waals surface area contributed by atoms with E-state index in [4.69, 9.17) is 0 Å². The van der Waals surface area contributed by atoms with Crippen molar-refractivity contribution in [3.8, 4) is 0 Å². The third kappa shape index (κ3) is 5.89. The number of halogens is 1. The second-order valence-electron chi connectivity index (χ2n) is 5.86. The Morgan fingerprint density at radius 3 is 2.41 bits per heavy atom. The van der Waals surface area contributed by atoms with Crippen molar-refractivity contribution in [1.29, 1.82) is 0 Å². The molecule has 0 aliphatic carbocycles. The van der Waals surface area contributed by atoms with Crippen LogP contribution in [0, 0.1) is 0 Å². The average Bonchev–Trinajstić information content (AvgIpc) is 3.24. The van der Waals surface area contributed by atoms with Gasteiger partial charge in [-0.1, -0.05) is 28.1 Å². The van der Waals surface area contributed by atoms with Gasteiger partial charge >= 0.3 is 0 Å². The Labute approximate surface area is 180 Å². The smallest absolute Gasteiger partial charge is 0.271 e. The normalized spacial score (nSPS) is 10.9. The van der Waals surface area contributed by atoms with E-state index in [-0.39, 0.29) is 27.9 Å². The van der Waals surface area contributed by atoms with Gasteiger partial charge in [0.2, 0.25) is 5.91 Å². The molecule has 0 unspecified atom stereocenters. The van der Waals surface area contributed by atoms with Crippen LogP contribution in [0.25, 0.3) is 0 Å². The minimum absolute atomic E-state index is 0.178. The molecule has 2 amide bonds. The SMILES string of the molecule is O=C(CNC(=O)c1cccc(NS(=O)(=O)c2cccs2)c1)Nc1ccc(Br)cc1. The zero-order valence-corrected chi connectivity index (χ0v) is 18.1. The summed E-state index contributed by atoms with van der Waals surface area (Å²) in [5.74, 6) is -0.872. The summed E-state index contributed by atoms with van der Waals surface area (Å²) in [7, 11) is -3.71. The number of nitrogens with one attached hydrogen (secondary N) is 3. The summed E-state index contributed by atoms with van der Waals surface area (Å²) >= 11 is 4.41. The van der Waals surface area contributed by atoms with E-state index >= 15 is 0 Å². The van der Waals surface area contributed by atoms with E-state index in [0.717, 1.165) is 15.8 Å². The first-order valence-corrected chi connectivity index (χ1v) is 11.5. The van der Waals surface area contributed by atoms with Crippen LogP contribution in [0.5, 0.6) is 0 Å². The lowest BCUT2D eigenvalue weighted by molar-refractivity contribution is -0.115. The lowest BCUT2D eigenvalue weighted by Crippen LogP contribution is -2.32. The summed E-state index contributed by atoms with van der Waals surface area (Å²) in [5, 5.41) is 6.85. The summed E-state index contributed by atoms with van der Waals surface area (Å²) in [6.07, 6.45) is 0. The summed E-state index contributed by atoms with van der Waals surface area (Å²) in [5.41, 5.74) is 1.09. The molecule has 7 nitrogen and oxygen atoms in total. The number of rotatable bonds is 7. The number of anilines is 2. The molecule has 1 heterocycles. The fourth-order valence-electron chi connectivity index (χ4n) is 2.35. The van der Waals surface area contributed by atoms with Gasteiger partial charge in [-0.15, -0.1) is 11.3 Å². The number of thiophene rings is 1. The fourth-order valence-corrected chi connectivity index (χ4v) is 4.65. The number of hydrogen-bond donors (Lipinski definition) is 3. The topological polar surface area (TPSA) is 104 Å².